The molecule has 0 aliphatic heterocycles. The second kappa shape index (κ2) is 5.43. The van der Waals surface area contributed by atoms with Gasteiger partial charge >= 0.3 is 0 Å². The Morgan fingerprint density at radius 2 is 2.50 bits per heavy atom. The Labute approximate surface area is 103 Å². The molecule has 0 aliphatic carbocycles. The summed E-state index contributed by atoms with van der Waals surface area (Å²) in [6, 6.07) is 2.31. The number of hydrogen-bond acceptors (Lipinski definition) is 4. The molecular weight excluding hydrogens is 244 g/mol. The topological polar surface area (TPSA) is 53.6 Å². The number of thiophene rings is 1. The van der Waals surface area contributed by atoms with Crippen molar-refractivity contribution >= 4 is 22.9 Å². The van der Waals surface area contributed by atoms with Gasteiger partial charge in [0.25, 0.3) is 0 Å². The van der Waals surface area contributed by atoms with Crippen LogP contribution in [0.4, 0.5) is 0 Å². The van der Waals surface area contributed by atoms with E-state index in [2.05, 4.69) is 32.8 Å². The maximum absolute atomic E-state index is 5.89. The molecule has 86 valence electrons. The van der Waals surface area contributed by atoms with E-state index in [1.165, 1.54) is 11.9 Å². The van der Waals surface area contributed by atoms with Crippen molar-refractivity contribution in [3.63, 3.8) is 0 Å². The van der Waals surface area contributed by atoms with Gasteiger partial charge in [0, 0.05) is 19.0 Å². The van der Waals surface area contributed by atoms with E-state index in [9.17, 15) is 0 Å². The number of halogens is 1. The maximum atomic E-state index is 5.89. The van der Waals surface area contributed by atoms with Crippen LogP contribution in [0.25, 0.3) is 0 Å². The van der Waals surface area contributed by atoms with Gasteiger partial charge in [-0.15, -0.1) is 11.3 Å². The van der Waals surface area contributed by atoms with Crippen molar-refractivity contribution in [3.05, 3.63) is 33.5 Å². The first kappa shape index (κ1) is 11.6. The Kier molecular flexibility index (Phi) is 3.93. The highest BCUT2D eigenvalue weighted by Crippen LogP contribution is 2.24. The molecule has 0 spiro atoms. The zero-order valence-electron chi connectivity index (χ0n) is 8.90. The van der Waals surface area contributed by atoms with E-state index < -0.39 is 0 Å². The molecule has 6 heteroatoms. The highest BCUT2D eigenvalue weighted by atomic mass is 35.5. The molecular formula is C10H13ClN4S. The normalized spacial score (nSPS) is 12.9. The van der Waals surface area contributed by atoms with E-state index in [1.807, 2.05) is 6.07 Å². The predicted octanol–water partition coefficient (Wildman–Crippen LogP) is 2.41. The minimum atomic E-state index is 0.312. The largest absolute Gasteiger partial charge is 0.310 e. The molecule has 2 aromatic rings. The maximum Gasteiger partial charge on any atom is 0.137 e. The van der Waals surface area contributed by atoms with E-state index in [-0.39, 0.29) is 0 Å². The highest BCUT2D eigenvalue weighted by Gasteiger charge is 2.06. The average Bonchev–Trinajstić information content (AvgIpc) is 2.89. The lowest BCUT2D eigenvalue weighted by Gasteiger charge is -2.11. The first-order valence-corrected chi connectivity index (χ1v) is 6.33. The Bertz CT molecular complexity index is 426. The zero-order chi connectivity index (χ0) is 11.4. The van der Waals surface area contributed by atoms with Gasteiger partial charge in [-0.05, 0) is 23.9 Å². The van der Waals surface area contributed by atoms with Gasteiger partial charge in [0.1, 0.15) is 12.2 Å². The molecule has 2 heterocycles. The van der Waals surface area contributed by atoms with E-state index in [4.69, 9.17) is 11.6 Å². The fourth-order valence-corrected chi connectivity index (χ4v) is 2.41. The Hall–Kier alpha value is -0.910. The van der Waals surface area contributed by atoms with Gasteiger partial charge in [-0.1, -0.05) is 11.6 Å². The Morgan fingerprint density at radius 1 is 1.62 bits per heavy atom. The third-order valence-electron chi connectivity index (χ3n) is 2.36. The van der Waals surface area contributed by atoms with E-state index >= 15 is 0 Å². The molecule has 0 bridgehead atoms. The molecule has 16 heavy (non-hydrogen) atoms. The lowest BCUT2D eigenvalue weighted by molar-refractivity contribution is 0.572. The summed E-state index contributed by atoms with van der Waals surface area (Å²) < 4.78 is 0.832. The van der Waals surface area contributed by atoms with Crippen molar-refractivity contribution < 1.29 is 0 Å². The molecule has 2 rings (SSSR count). The molecule has 0 aromatic carbocycles. The summed E-state index contributed by atoms with van der Waals surface area (Å²) >= 11 is 7.45. The van der Waals surface area contributed by atoms with Gasteiger partial charge in [0.2, 0.25) is 0 Å². The fraction of sp³-hybridized carbons (Fsp3) is 0.400. The SMILES string of the molecule is CC(NCCc1ncn[nH]1)c1csc(Cl)c1. The van der Waals surface area contributed by atoms with E-state index in [1.54, 1.807) is 11.3 Å². The molecule has 0 saturated heterocycles. The summed E-state index contributed by atoms with van der Waals surface area (Å²) in [4.78, 5) is 4.06. The quantitative estimate of drug-likeness (QED) is 0.864. The van der Waals surface area contributed by atoms with Crippen LogP contribution >= 0.6 is 22.9 Å². The van der Waals surface area contributed by atoms with Crippen molar-refractivity contribution in [1.82, 2.24) is 20.5 Å². The van der Waals surface area contributed by atoms with Crippen molar-refractivity contribution in [2.45, 2.75) is 19.4 Å². The van der Waals surface area contributed by atoms with Gasteiger partial charge in [0.15, 0.2) is 0 Å². The van der Waals surface area contributed by atoms with Crippen molar-refractivity contribution in [3.8, 4) is 0 Å². The number of hydrogen-bond donors (Lipinski definition) is 2. The minimum absolute atomic E-state index is 0.312. The molecule has 4 nitrogen and oxygen atoms in total. The second-order valence-electron chi connectivity index (χ2n) is 3.54. The van der Waals surface area contributed by atoms with Gasteiger partial charge < -0.3 is 5.32 Å². The van der Waals surface area contributed by atoms with E-state index in [0.29, 0.717) is 6.04 Å². The number of H-pyrrole nitrogens is 1. The Morgan fingerprint density at radius 3 is 3.12 bits per heavy atom. The molecule has 2 N–H and O–H groups in total. The van der Waals surface area contributed by atoms with Crippen LogP contribution in [0.3, 0.4) is 0 Å². The molecule has 0 fully saturated rings. The standard InChI is InChI=1S/C10H13ClN4S/c1-7(8-4-9(11)16-5-8)12-3-2-10-13-6-14-15-10/h4-7,12H,2-3H2,1H3,(H,13,14,15). The van der Waals surface area contributed by atoms with Gasteiger partial charge in [0.05, 0.1) is 4.34 Å². The van der Waals surface area contributed by atoms with Crippen molar-refractivity contribution in [1.29, 1.82) is 0 Å². The molecule has 0 amide bonds. The second-order valence-corrected chi connectivity index (χ2v) is 5.08. The van der Waals surface area contributed by atoms with Gasteiger partial charge in [-0.3, -0.25) is 5.10 Å². The first-order chi connectivity index (χ1) is 7.75. The third-order valence-corrected chi connectivity index (χ3v) is 3.47. The lowest BCUT2D eigenvalue weighted by atomic mass is 10.2. The summed E-state index contributed by atoms with van der Waals surface area (Å²) in [7, 11) is 0. The highest BCUT2D eigenvalue weighted by molar-refractivity contribution is 7.14. The summed E-state index contributed by atoms with van der Waals surface area (Å²) in [6.07, 6.45) is 2.37. The third kappa shape index (κ3) is 3.04. The summed E-state index contributed by atoms with van der Waals surface area (Å²) in [5.41, 5.74) is 1.23. The number of nitrogens with one attached hydrogen (secondary N) is 2. The van der Waals surface area contributed by atoms with Crippen LogP contribution in [0, 0.1) is 0 Å². The number of nitrogens with zero attached hydrogens (tertiary/aromatic N) is 2. The summed E-state index contributed by atoms with van der Waals surface area (Å²) in [5, 5.41) is 12.1. The lowest BCUT2D eigenvalue weighted by Crippen LogP contribution is -2.21. The zero-order valence-corrected chi connectivity index (χ0v) is 10.5. The van der Waals surface area contributed by atoms with Crippen molar-refractivity contribution in [2.24, 2.45) is 0 Å². The molecule has 2 aromatic heterocycles. The van der Waals surface area contributed by atoms with Gasteiger partial charge in [-0.2, -0.15) is 5.10 Å². The van der Waals surface area contributed by atoms with Crippen LogP contribution in [0.5, 0.6) is 0 Å². The molecule has 1 unspecified atom stereocenters. The minimum Gasteiger partial charge on any atom is -0.310 e. The predicted molar refractivity (Wildman–Crippen MR) is 65.8 cm³/mol. The average molecular weight is 257 g/mol. The first-order valence-electron chi connectivity index (χ1n) is 5.07. The number of aromatic nitrogens is 3. The van der Waals surface area contributed by atoms with Crippen LogP contribution in [0.15, 0.2) is 17.8 Å². The molecule has 1 atom stereocenters. The van der Waals surface area contributed by atoms with Crippen LogP contribution in [0.2, 0.25) is 4.34 Å². The fourth-order valence-electron chi connectivity index (χ4n) is 1.43. The van der Waals surface area contributed by atoms with Crippen LogP contribution in [-0.4, -0.2) is 21.7 Å². The Balaban J connectivity index is 1.78. The number of aromatic amines is 1. The van der Waals surface area contributed by atoms with Gasteiger partial charge in [-0.25, -0.2) is 4.98 Å². The van der Waals surface area contributed by atoms with Crippen LogP contribution in [-0.2, 0) is 6.42 Å². The monoisotopic (exact) mass is 256 g/mol. The van der Waals surface area contributed by atoms with Crippen LogP contribution < -0.4 is 5.32 Å². The van der Waals surface area contributed by atoms with Crippen LogP contribution in [0.1, 0.15) is 24.4 Å². The number of rotatable bonds is 5. The van der Waals surface area contributed by atoms with E-state index in [0.717, 1.165) is 23.1 Å². The van der Waals surface area contributed by atoms with Crippen molar-refractivity contribution in [2.75, 3.05) is 6.54 Å². The molecule has 0 saturated carbocycles. The molecule has 0 aliphatic rings. The molecule has 0 radical (unpaired) electrons. The smallest absolute Gasteiger partial charge is 0.137 e. The summed E-state index contributed by atoms with van der Waals surface area (Å²) in [5.74, 6) is 0.906. The summed E-state index contributed by atoms with van der Waals surface area (Å²) in [6.45, 7) is 2.99.